The van der Waals surface area contributed by atoms with Crippen molar-refractivity contribution in [2.45, 2.75) is 38.9 Å². The lowest BCUT2D eigenvalue weighted by atomic mass is 9.93. The van der Waals surface area contributed by atoms with Crippen LogP contribution in [-0.4, -0.2) is 78.1 Å². The van der Waals surface area contributed by atoms with Gasteiger partial charge >= 0.3 is 12.2 Å². The number of morpholine rings is 1. The number of hydrogen-bond donors (Lipinski definition) is 0. The molecule has 4 rings (SSSR count). The van der Waals surface area contributed by atoms with E-state index in [1.807, 2.05) is 11.0 Å². The number of nitrogens with zero attached hydrogens (tertiary/aromatic N) is 5. The lowest BCUT2D eigenvalue weighted by Crippen LogP contribution is -2.49. The molecule has 2 aliphatic rings. The Morgan fingerprint density at radius 3 is 2.26 bits per heavy atom. The first-order valence-corrected chi connectivity index (χ1v) is 11.6. The fourth-order valence-corrected chi connectivity index (χ4v) is 4.29. The molecule has 2 saturated heterocycles. The molecule has 1 amide bonds. The second-order valence-corrected chi connectivity index (χ2v) is 9.88. The normalized spacial score (nSPS) is 18.4. The molecule has 0 bridgehead atoms. The minimum absolute atomic E-state index is 0.135. The van der Waals surface area contributed by atoms with Gasteiger partial charge < -0.3 is 14.5 Å². The van der Waals surface area contributed by atoms with E-state index in [2.05, 4.69) is 30.8 Å². The molecule has 7 nitrogen and oxygen atoms in total. The van der Waals surface area contributed by atoms with Gasteiger partial charge in [0.2, 0.25) is 0 Å². The number of halogens is 3. The van der Waals surface area contributed by atoms with Crippen molar-refractivity contribution >= 4 is 11.7 Å². The second kappa shape index (κ2) is 9.58. The molecule has 0 spiro atoms. The van der Waals surface area contributed by atoms with Gasteiger partial charge in [0.1, 0.15) is 0 Å². The van der Waals surface area contributed by atoms with Gasteiger partial charge in [-0.15, -0.1) is 0 Å². The zero-order valence-corrected chi connectivity index (χ0v) is 19.9. The number of alkyl halides is 3. The molecular weight excluding hydrogens is 447 g/mol. The lowest BCUT2D eigenvalue weighted by Gasteiger charge is -2.36. The van der Waals surface area contributed by atoms with Crippen molar-refractivity contribution in [3.63, 3.8) is 0 Å². The fraction of sp³-hybridized carbons (Fsp3) is 0.583. The van der Waals surface area contributed by atoms with Crippen LogP contribution in [0.3, 0.4) is 0 Å². The summed E-state index contributed by atoms with van der Waals surface area (Å²) in [7, 11) is 0. The summed E-state index contributed by atoms with van der Waals surface area (Å²) in [6.45, 7) is 11.2. The van der Waals surface area contributed by atoms with E-state index in [0.29, 0.717) is 64.7 Å². The Bertz CT molecular complexity index is 1000. The number of piperazine rings is 1. The van der Waals surface area contributed by atoms with Crippen LogP contribution < -0.4 is 4.90 Å². The smallest absolute Gasteiger partial charge is 0.378 e. The Labute approximate surface area is 198 Å². The summed E-state index contributed by atoms with van der Waals surface area (Å²) in [5.74, 6) is 0. The van der Waals surface area contributed by atoms with Crippen molar-refractivity contribution in [1.29, 1.82) is 0 Å². The highest BCUT2D eigenvalue weighted by Crippen LogP contribution is 2.34. The van der Waals surface area contributed by atoms with Crippen molar-refractivity contribution in [3.8, 4) is 0 Å². The number of benzene rings is 1. The van der Waals surface area contributed by atoms with E-state index >= 15 is 0 Å². The summed E-state index contributed by atoms with van der Waals surface area (Å²) in [6.07, 6.45) is -2.68. The predicted molar refractivity (Wildman–Crippen MR) is 123 cm³/mol. The van der Waals surface area contributed by atoms with E-state index in [0.717, 1.165) is 17.3 Å². The maximum atomic E-state index is 13.4. The minimum Gasteiger partial charge on any atom is -0.378 e. The summed E-state index contributed by atoms with van der Waals surface area (Å²) in [5.41, 5.74) is 1.56. The molecule has 1 aromatic carbocycles. The zero-order chi connectivity index (χ0) is 24.5. The van der Waals surface area contributed by atoms with Gasteiger partial charge in [0.15, 0.2) is 0 Å². The van der Waals surface area contributed by atoms with E-state index in [1.165, 1.54) is 10.7 Å². The largest absolute Gasteiger partial charge is 0.416 e. The summed E-state index contributed by atoms with van der Waals surface area (Å²) >= 11 is 0. The monoisotopic (exact) mass is 479 g/mol. The highest BCUT2D eigenvalue weighted by molar-refractivity contribution is 5.76. The fourth-order valence-electron chi connectivity index (χ4n) is 4.29. The SMILES string of the molecule is CC(C)(C)c1ccn(C(=O)N2CCN(Cc3ccc(C(F)(F)F)cc3N3CCOCC3)CC2)n1. The van der Waals surface area contributed by atoms with Crippen LogP contribution in [0.4, 0.5) is 23.7 Å². The number of amides is 1. The van der Waals surface area contributed by atoms with E-state index in [-0.39, 0.29) is 11.4 Å². The molecule has 186 valence electrons. The van der Waals surface area contributed by atoms with Crippen molar-refractivity contribution in [2.24, 2.45) is 0 Å². The van der Waals surface area contributed by atoms with Gasteiger partial charge in [-0.2, -0.15) is 23.0 Å². The van der Waals surface area contributed by atoms with Gasteiger partial charge in [-0.05, 0) is 23.8 Å². The van der Waals surface area contributed by atoms with Crippen LogP contribution in [0, 0.1) is 0 Å². The van der Waals surface area contributed by atoms with Crippen LogP contribution in [0.5, 0.6) is 0 Å². The van der Waals surface area contributed by atoms with E-state index in [1.54, 1.807) is 17.2 Å². The number of aromatic nitrogens is 2. The van der Waals surface area contributed by atoms with Crippen molar-refractivity contribution < 1.29 is 22.7 Å². The van der Waals surface area contributed by atoms with E-state index < -0.39 is 11.7 Å². The average molecular weight is 480 g/mol. The van der Waals surface area contributed by atoms with Crippen LogP contribution in [-0.2, 0) is 22.9 Å². The molecular formula is C24H32F3N5O2. The van der Waals surface area contributed by atoms with Crippen LogP contribution in [0.25, 0.3) is 0 Å². The minimum atomic E-state index is -4.38. The second-order valence-electron chi connectivity index (χ2n) is 9.88. The van der Waals surface area contributed by atoms with Gasteiger partial charge in [0.25, 0.3) is 0 Å². The Kier molecular flexibility index (Phi) is 6.91. The van der Waals surface area contributed by atoms with Gasteiger partial charge in [0.05, 0.1) is 24.5 Å². The van der Waals surface area contributed by atoms with Crippen LogP contribution in [0.1, 0.15) is 37.6 Å². The van der Waals surface area contributed by atoms with Crippen LogP contribution in [0.15, 0.2) is 30.5 Å². The highest BCUT2D eigenvalue weighted by Gasteiger charge is 2.32. The Morgan fingerprint density at radius 1 is 1.00 bits per heavy atom. The Hall–Kier alpha value is -2.59. The molecule has 0 saturated carbocycles. The number of ether oxygens (including phenoxy) is 1. The van der Waals surface area contributed by atoms with Crippen molar-refractivity contribution in [3.05, 3.63) is 47.3 Å². The third-order valence-electron chi connectivity index (χ3n) is 6.35. The molecule has 2 aliphatic heterocycles. The molecule has 2 fully saturated rings. The average Bonchev–Trinajstić information content (AvgIpc) is 3.30. The molecule has 2 aromatic rings. The number of carbonyl (C=O) groups is 1. The molecule has 0 aliphatic carbocycles. The van der Waals surface area contributed by atoms with Gasteiger partial charge in [-0.25, -0.2) is 4.79 Å². The lowest BCUT2D eigenvalue weighted by molar-refractivity contribution is -0.137. The number of hydrogen-bond acceptors (Lipinski definition) is 5. The first-order valence-electron chi connectivity index (χ1n) is 11.6. The summed E-state index contributed by atoms with van der Waals surface area (Å²) in [5, 5.41) is 4.44. The topological polar surface area (TPSA) is 53.8 Å². The summed E-state index contributed by atoms with van der Waals surface area (Å²) in [4.78, 5) is 18.8. The molecule has 0 atom stereocenters. The quantitative estimate of drug-likeness (QED) is 0.670. The highest BCUT2D eigenvalue weighted by atomic mass is 19.4. The predicted octanol–water partition coefficient (Wildman–Crippen LogP) is 3.82. The summed E-state index contributed by atoms with van der Waals surface area (Å²) in [6, 6.07) is 5.71. The molecule has 34 heavy (non-hydrogen) atoms. The number of anilines is 1. The third kappa shape index (κ3) is 5.55. The summed E-state index contributed by atoms with van der Waals surface area (Å²) < 4.78 is 46.8. The van der Waals surface area contributed by atoms with Crippen LogP contribution in [0.2, 0.25) is 0 Å². The van der Waals surface area contributed by atoms with Gasteiger partial charge in [-0.1, -0.05) is 26.8 Å². The molecule has 0 N–H and O–H groups in total. The first-order chi connectivity index (χ1) is 16.0. The van der Waals surface area contributed by atoms with Gasteiger partial charge in [0, 0.05) is 63.1 Å². The molecule has 1 aromatic heterocycles. The zero-order valence-electron chi connectivity index (χ0n) is 19.9. The molecule has 0 unspecified atom stereocenters. The molecule has 10 heteroatoms. The molecule has 0 radical (unpaired) electrons. The van der Waals surface area contributed by atoms with Crippen LogP contribution >= 0.6 is 0 Å². The number of rotatable bonds is 3. The standard InChI is InChI=1S/C24H32F3N5O2/c1-23(2,3)21-6-7-32(28-21)22(33)31-10-8-29(9-11-31)17-18-4-5-19(24(25,26)27)16-20(18)30-12-14-34-15-13-30/h4-7,16H,8-15,17H2,1-3H3. The van der Waals surface area contributed by atoms with Crippen molar-refractivity contribution in [2.75, 3.05) is 57.4 Å². The Balaban J connectivity index is 1.42. The van der Waals surface area contributed by atoms with Crippen molar-refractivity contribution in [1.82, 2.24) is 19.6 Å². The third-order valence-corrected chi connectivity index (χ3v) is 6.35. The van der Waals surface area contributed by atoms with E-state index in [4.69, 9.17) is 4.74 Å². The maximum absolute atomic E-state index is 13.4. The first kappa shape index (κ1) is 24.5. The van der Waals surface area contributed by atoms with E-state index in [9.17, 15) is 18.0 Å². The molecule has 3 heterocycles. The van der Waals surface area contributed by atoms with Gasteiger partial charge in [-0.3, -0.25) is 4.90 Å². The maximum Gasteiger partial charge on any atom is 0.416 e. The Morgan fingerprint density at radius 2 is 1.68 bits per heavy atom. The number of carbonyl (C=O) groups excluding carboxylic acids is 1.